The van der Waals surface area contributed by atoms with E-state index in [1.807, 2.05) is 0 Å². The molecule has 0 aromatic heterocycles. The van der Waals surface area contributed by atoms with Crippen LogP contribution < -0.4 is 19.5 Å². The Labute approximate surface area is 170 Å². The molecule has 0 atom stereocenters. The van der Waals surface area contributed by atoms with Crippen LogP contribution in [0.1, 0.15) is 5.56 Å². The van der Waals surface area contributed by atoms with Gasteiger partial charge in [-0.1, -0.05) is 12.1 Å². The molecule has 1 amide bonds. The molecular weight excluding hydrogens is 398 g/mol. The number of rotatable bonds is 6. The van der Waals surface area contributed by atoms with Crippen LogP contribution in [0.25, 0.3) is 6.08 Å². The number of carbonyl (C=O) groups excluding carboxylic acids is 1. The van der Waals surface area contributed by atoms with Crippen molar-refractivity contribution in [1.82, 2.24) is 5.32 Å². The standard InChI is InChI=1S/C19H17N3O6S/c1-26-14-8-7-12(10-13(14)22(24)25)20-19-21-18(23)16(29-19)9-11-5-4-6-15(27-2)17(11)28-3/h4-10H,1-3H3,(H,20,21,23)/b16-9-. The summed E-state index contributed by atoms with van der Waals surface area (Å²) in [5.41, 5.74) is 0.784. The van der Waals surface area contributed by atoms with Gasteiger partial charge in [0.2, 0.25) is 0 Å². The first-order chi connectivity index (χ1) is 14.0. The number of nitro groups is 1. The molecule has 29 heavy (non-hydrogen) atoms. The van der Waals surface area contributed by atoms with Crippen LogP contribution in [0.5, 0.6) is 17.2 Å². The number of nitro benzene ring substituents is 1. The first-order valence-electron chi connectivity index (χ1n) is 8.29. The molecule has 1 fully saturated rings. The molecule has 0 spiro atoms. The molecule has 2 aromatic carbocycles. The molecule has 1 aliphatic heterocycles. The molecule has 0 bridgehead atoms. The van der Waals surface area contributed by atoms with E-state index >= 15 is 0 Å². The van der Waals surface area contributed by atoms with Gasteiger partial charge in [-0.3, -0.25) is 14.9 Å². The maximum absolute atomic E-state index is 12.3. The highest BCUT2D eigenvalue weighted by molar-refractivity contribution is 8.18. The zero-order valence-corrected chi connectivity index (χ0v) is 16.6. The van der Waals surface area contributed by atoms with Crippen LogP contribution in [0.2, 0.25) is 0 Å². The number of hydrogen-bond donors (Lipinski definition) is 1. The van der Waals surface area contributed by atoms with Gasteiger partial charge in [0.15, 0.2) is 22.4 Å². The highest BCUT2D eigenvalue weighted by atomic mass is 32.2. The number of ether oxygens (including phenoxy) is 3. The number of amides is 1. The van der Waals surface area contributed by atoms with Gasteiger partial charge in [0, 0.05) is 11.6 Å². The van der Waals surface area contributed by atoms with E-state index in [0.29, 0.717) is 32.8 Å². The fourth-order valence-corrected chi connectivity index (χ4v) is 3.49. The van der Waals surface area contributed by atoms with Crippen LogP contribution in [0.15, 0.2) is 46.3 Å². The number of benzene rings is 2. The fourth-order valence-electron chi connectivity index (χ4n) is 2.66. The third-order valence-corrected chi connectivity index (χ3v) is 4.87. The lowest BCUT2D eigenvalue weighted by Gasteiger charge is -2.10. The summed E-state index contributed by atoms with van der Waals surface area (Å²) >= 11 is 1.12. The second-order valence-electron chi connectivity index (χ2n) is 5.68. The van der Waals surface area contributed by atoms with Gasteiger partial charge in [0.1, 0.15) is 0 Å². The molecule has 1 saturated heterocycles. The Balaban J connectivity index is 1.90. The number of aliphatic imine (C=N–C) groups is 1. The van der Waals surface area contributed by atoms with Crippen LogP contribution in [0.4, 0.5) is 11.4 Å². The molecule has 0 unspecified atom stereocenters. The molecule has 150 valence electrons. The monoisotopic (exact) mass is 415 g/mol. The van der Waals surface area contributed by atoms with Crippen LogP contribution in [0, 0.1) is 10.1 Å². The first kappa shape index (κ1) is 20.2. The molecule has 3 rings (SSSR count). The van der Waals surface area contributed by atoms with Crippen molar-refractivity contribution >= 4 is 40.3 Å². The number of methoxy groups -OCH3 is 3. The molecule has 2 aromatic rings. The molecular formula is C19H17N3O6S. The summed E-state index contributed by atoms with van der Waals surface area (Å²) in [6.45, 7) is 0. The van der Waals surface area contributed by atoms with E-state index in [1.54, 1.807) is 30.3 Å². The van der Waals surface area contributed by atoms with Gasteiger partial charge in [0.05, 0.1) is 36.8 Å². The topological polar surface area (TPSA) is 112 Å². The summed E-state index contributed by atoms with van der Waals surface area (Å²) in [7, 11) is 4.40. The SMILES string of the molecule is COc1ccc(N=C2NC(=O)/C(=C/c3cccc(OC)c3OC)S2)cc1[N+](=O)[O-]. The third kappa shape index (κ3) is 4.32. The lowest BCUT2D eigenvalue weighted by Crippen LogP contribution is -2.19. The average Bonchev–Trinajstić information content (AvgIpc) is 3.06. The number of carbonyl (C=O) groups is 1. The predicted molar refractivity (Wildman–Crippen MR) is 110 cm³/mol. The highest BCUT2D eigenvalue weighted by Gasteiger charge is 2.25. The van der Waals surface area contributed by atoms with Gasteiger partial charge in [-0.05, 0) is 36.0 Å². The summed E-state index contributed by atoms with van der Waals surface area (Å²) < 4.78 is 15.6. The van der Waals surface area contributed by atoms with E-state index in [-0.39, 0.29) is 17.3 Å². The van der Waals surface area contributed by atoms with Gasteiger partial charge in [-0.25, -0.2) is 4.99 Å². The zero-order chi connectivity index (χ0) is 21.0. The maximum Gasteiger partial charge on any atom is 0.313 e. The Hall–Kier alpha value is -3.53. The molecule has 0 saturated carbocycles. The smallest absolute Gasteiger partial charge is 0.313 e. The summed E-state index contributed by atoms with van der Waals surface area (Å²) in [5.74, 6) is 0.853. The number of nitrogens with zero attached hydrogens (tertiary/aromatic N) is 2. The molecule has 1 heterocycles. The Bertz CT molecular complexity index is 1030. The van der Waals surface area contributed by atoms with E-state index in [2.05, 4.69) is 10.3 Å². The normalized spacial score (nSPS) is 16.0. The van der Waals surface area contributed by atoms with Crippen molar-refractivity contribution in [3.05, 3.63) is 57.0 Å². The van der Waals surface area contributed by atoms with Crippen molar-refractivity contribution in [2.24, 2.45) is 4.99 Å². The van der Waals surface area contributed by atoms with E-state index in [9.17, 15) is 14.9 Å². The van der Waals surface area contributed by atoms with Crippen molar-refractivity contribution < 1.29 is 23.9 Å². The molecule has 0 aliphatic carbocycles. The van der Waals surface area contributed by atoms with E-state index < -0.39 is 4.92 Å². The summed E-state index contributed by atoms with van der Waals surface area (Å²) in [4.78, 5) is 27.6. The quantitative estimate of drug-likeness (QED) is 0.436. The van der Waals surface area contributed by atoms with Gasteiger partial charge >= 0.3 is 5.69 Å². The summed E-state index contributed by atoms with van der Waals surface area (Å²) in [6.07, 6.45) is 1.67. The third-order valence-electron chi connectivity index (χ3n) is 3.96. The zero-order valence-electron chi connectivity index (χ0n) is 15.8. The second-order valence-corrected chi connectivity index (χ2v) is 6.71. The highest BCUT2D eigenvalue weighted by Crippen LogP contribution is 2.36. The van der Waals surface area contributed by atoms with E-state index in [0.717, 1.165) is 11.8 Å². The van der Waals surface area contributed by atoms with Crippen LogP contribution in [0.3, 0.4) is 0 Å². The lowest BCUT2D eigenvalue weighted by molar-refractivity contribution is -0.385. The molecule has 1 N–H and O–H groups in total. The van der Waals surface area contributed by atoms with Crippen molar-refractivity contribution in [2.45, 2.75) is 0 Å². The minimum Gasteiger partial charge on any atom is -0.493 e. The second kappa shape index (κ2) is 8.65. The number of nitrogens with one attached hydrogen (secondary N) is 1. The number of thioether (sulfide) groups is 1. The Kier molecular flexibility index (Phi) is 6.03. The number of hydrogen-bond acceptors (Lipinski definition) is 8. The van der Waals surface area contributed by atoms with Crippen LogP contribution in [-0.2, 0) is 4.79 Å². The summed E-state index contributed by atoms with van der Waals surface area (Å²) in [6, 6.07) is 9.65. The molecule has 0 radical (unpaired) electrons. The first-order valence-corrected chi connectivity index (χ1v) is 9.11. The van der Waals surface area contributed by atoms with Gasteiger partial charge < -0.3 is 19.5 Å². The van der Waals surface area contributed by atoms with Crippen LogP contribution >= 0.6 is 11.8 Å². The summed E-state index contributed by atoms with van der Waals surface area (Å²) in [5, 5.41) is 14.1. The number of para-hydroxylation sites is 1. The van der Waals surface area contributed by atoms with E-state index in [4.69, 9.17) is 14.2 Å². The minimum absolute atomic E-state index is 0.132. The number of amidine groups is 1. The molecule has 1 aliphatic rings. The van der Waals surface area contributed by atoms with E-state index in [1.165, 1.54) is 33.5 Å². The molecule has 9 nitrogen and oxygen atoms in total. The maximum atomic E-state index is 12.3. The van der Waals surface area contributed by atoms with Crippen molar-refractivity contribution in [3.8, 4) is 17.2 Å². The van der Waals surface area contributed by atoms with Crippen molar-refractivity contribution in [2.75, 3.05) is 21.3 Å². The minimum atomic E-state index is -0.552. The van der Waals surface area contributed by atoms with Crippen molar-refractivity contribution in [1.29, 1.82) is 0 Å². The largest absolute Gasteiger partial charge is 0.493 e. The Morgan fingerprint density at radius 1 is 1.10 bits per heavy atom. The fraction of sp³-hybridized carbons (Fsp3) is 0.158. The van der Waals surface area contributed by atoms with Gasteiger partial charge in [-0.15, -0.1) is 0 Å². The van der Waals surface area contributed by atoms with Gasteiger partial charge in [0.25, 0.3) is 5.91 Å². The average molecular weight is 415 g/mol. The van der Waals surface area contributed by atoms with Gasteiger partial charge in [-0.2, -0.15) is 0 Å². The Morgan fingerprint density at radius 2 is 1.86 bits per heavy atom. The predicted octanol–water partition coefficient (Wildman–Crippen LogP) is 3.51. The molecule has 10 heteroatoms. The lowest BCUT2D eigenvalue weighted by atomic mass is 10.1. The van der Waals surface area contributed by atoms with Crippen LogP contribution in [-0.4, -0.2) is 37.3 Å². The van der Waals surface area contributed by atoms with Crippen molar-refractivity contribution in [3.63, 3.8) is 0 Å². The Morgan fingerprint density at radius 3 is 2.52 bits per heavy atom.